The number of esters is 2. The van der Waals surface area contributed by atoms with Crippen LogP contribution in [0.25, 0.3) is 0 Å². The minimum atomic E-state index is -0.400. The van der Waals surface area contributed by atoms with E-state index < -0.39 is 5.41 Å². The van der Waals surface area contributed by atoms with Crippen LogP contribution < -0.4 is 0 Å². The summed E-state index contributed by atoms with van der Waals surface area (Å²) in [6, 6.07) is 0. The lowest BCUT2D eigenvalue weighted by atomic mass is 9.47. The number of hydrogen-bond acceptors (Lipinski definition) is 4. The molecule has 138 valence electrons. The van der Waals surface area contributed by atoms with Crippen molar-refractivity contribution in [3.63, 3.8) is 0 Å². The number of rotatable bonds is 4. The van der Waals surface area contributed by atoms with Gasteiger partial charge in [0.05, 0.1) is 12.5 Å². The van der Waals surface area contributed by atoms with Crippen molar-refractivity contribution < 1.29 is 19.1 Å². The second-order valence-corrected chi connectivity index (χ2v) is 8.51. The van der Waals surface area contributed by atoms with Crippen LogP contribution in [0, 0.1) is 22.7 Å². The Morgan fingerprint density at radius 2 is 2.12 bits per heavy atom. The predicted octanol–water partition coefficient (Wildman–Crippen LogP) is 4.20. The Kier molecular flexibility index (Phi) is 4.82. The standard InChI is InChI=1S/C21H30O4/c1-14-6-9-17-20(2,10-5-11-21(17,3)19(23)24-4)16(14)8-7-15-12-18(22)25-13-15/h6,12,16-17H,5,7-11,13H2,1-4H3. The summed E-state index contributed by atoms with van der Waals surface area (Å²) in [6.45, 7) is 7.12. The second kappa shape index (κ2) is 6.62. The summed E-state index contributed by atoms with van der Waals surface area (Å²) in [5.41, 5.74) is 2.22. The molecule has 2 aliphatic carbocycles. The molecule has 1 saturated carbocycles. The zero-order chi connectivity index (χ0) is 18.2. The normalized spacial score (nSPS) is 37.7. The van der Waals surface area contributed by atoms with Crippen molar-refractivity contribution >= 4 is 11.9 Å². The number of allylic oxidation sites excluding steroid dienone is 2. The Morgan fingerprint density at radius 1 is 1.36 bits per heavy atom. The maximum absolute atomic E-state index is 12.6. The molecule has 3 rings (SSSR count). The topological polar surface area (TPSA) is 52.6 Å². The van der Waals surface area contributed by atoms with Gasteiger partial charge in [0.25, 0.3) is 0 Å². The number of ether oxygens (including phenoxy) is 2. The van der Waals surface area contributed by atoms with E-state index in [-0.39, 0.29) is 17.4 Å². The first-order valence-corrected chi connectivity index (χ1v) is 9.42. The Hall–Kier alpha value is -1.58. The molecule has 0 bridgehead atoms. The molecule has 0 amide bonds. The Morgan fingerprint density at radius 3 is 2.76 bits per heavy atom. The van der Waals surface area contributed by atoms with Crippen LogP contribution in [0.15, 0.2) is 23.3 Å². The van der Waals surface area contributed by atoms with Crippen molar-refractivity contribution in [1.82, 2.24) is 0 Å². The highest BCUT2D eigenvalue weighted by molar-refractivity contribution is 5.85. The lowest BCUT2D eigenvalue weighted by Gasteiger charge is -2.56. The van der Waals surface area contributed by atoms with Crippen LogP contribution >= 0.6 is 0 Å². The van der Waals surface area contributed by atoms with Crippen LogP contribution in [0.3, 0.4) is 0 Å². The maximum atomic E-state index is 12.6. The van der Waals surface area contributed by atoms with E-state index in [1.807, 2.05) is 0 Å². The van der Waals surface area contributed by atoms with Gasteiger partial charge < -0.3 is 9.47 Å². The first-order chi connectivity index (χ1) is 11.8. The van der Waals surface area contributed by atoms with Crippen molar-refractivity contribution in [2.45, 2.75) is 59.3 Å². The van der Waals surface area contributed by atoms with E-state index in [0.717, 1.165) is 44.1 Å². The molecular formula is C21H30O4. The van der Waals surface area contributed by atoms with Gasteiger partial charge in [0.1, 0.15) is 6.61 Å². The predicted molar refractivity (Wildman–Crippen MR) is 95.7 cm³/mol. The van der Waals surface area contributed by atoms with Gasteiger partial charge in [0.15, 0.2) is 0 Å². The highest BCUT2D eigenvalue weighted by Gasteiger charge is 2.56. The Balaban J connectivity index is 1.84. The molecule has 4 unspecified atom stereocenters. The average Bonchev–Trinajstić information content (AvgIpc) is 2.98. The van der Waals surface area contributed by atoms with Gasteiger partial charge >= 0.3 is 11.9 Å². The maximum Gasteiger partial charge on any atom is 0.331 e. The first-order valence-electron chi connectivity index (χ1n) is 9.42. The van der Waals surface area contributed by atoms with Crippen LogP contribution in [0.1, 0.15) is 59.3 Å². The molecule has 1 heterocycles. The fraction of sp³-hybridized carbons (Fsp3) is 0.714. The van der Waals surface area contributed by atoms with Gasteiger partial charge in [-0.2, -0.15) is 0 Å². The van der Waals surface area contributed by atoms with Crippen LogP contribution in [0.5, 0.6) is 0 Å². The summed E-state index contributed by atoms with van der Waals surface area (Å²) >= 11 is 0. The van der Waals surface area contributed by atoms with E-state index in [1.54, 1.807) is 6.08 Å². The van der Waals surface area contributed by atoms with Crippen LogP contribution in [0.4, 0.5) is 0 Å². The SMILES string of the molecule is COC(=O)C1(C)CCCC2(C)C(CCC3=CC(=O)OC3)C(C)=CCC12. The molecule has 4 nitrogen and oxygen atoms in total. The van der Waals surface area contributed by atoms with E-state index >= 15 is 0 Å². The zero-order valence-corrected chi connectivity index (χ0v) is 15.9. The fourth-order valence-corrected chi connectivity index (χ4v) is 5.75. The van der Waals surface area contributed by atoms with Gasteiger partial charge in [-0.1, -0.05) is 25.0 Å². The highest BCUT2D eigenvalue weighted by atomic mass is 16.5. The van der Waals surface area contributed by atoms with Gasteiger partial charge in [-0.05, 0) is 68.8 Å². The monoisotopic (exact) mass is 346 g/mol. The molecule has 0 aromatic carbocycles. The number of cyclic esters (lactones) is 1. The van der Waals surface area contributed by atoms with Gasteiger partial charge in [0.2, 0.25) is 0 Å². The molecule has 0 spiro atoms. The van der Waals surface area contributed by atoms with Gasteiger partial charge in [0, 0.05) is 6.08 Å². The Bertz CT molecular complexity index is 632. The summed E-state index contributed by atoms with van der Waals surface area (Å²) < 4.78 is 10.2. The van der Waals surface area contributed by atoms with Gasteiger partial charge in [-0.15, -0.1) is 0 Å². The Labute approximate surface area is 150 Å². The van der Waals surface area contributed by atoms with Crippen molar-refractivity contribution in [2.75, 3.05) is 13.7 Å². The zero-order valence-electron chi connectivity index (χ0n) is 15.9. The number of methoxy groups -OCH3 is 1. The van der Waals surface area contributed by atoms with Crippen molar-refractivity contribution in [1.29, 1.82) is 0 Å². The summed E-state index contributed by atoms with van der Waals surface area (Å²) in [5, 5.41) is 0. The minimum absolute atomic E-state index is 0.0624. The summed E-state index contributed by atoms with van der Waals surface area (Å²) in [4.78, 5) is 23.9. The van der Waals surface area contributed by atoms with Gasteiger partial charge in [-0.3, -0.25) is 4.79 Å². The lowest BCUT2D eigenvalue weighted by molar-refractivity contribution is -0.166. The highest BCUT2D eigenvalue weighted by Crippen LogP contribution is 2.61. The molecule has 0 aromatic rings. The fourth-order valence-electron chi connectivity index (χ4n) is 5.75. The molecule has 3 aliphatic rings. The van der Waals surface area contributed by atoms with Crippen LogP contribution in [0.2, 0.25) is 0 Å². The first kappa shape index (κ1) is 18.2. The van der Waals surface area contributed by atoms with Crippen LogP contribution in [-0.4, -0.2) is 25.7 Å². The molecule has 4 heteroatoms. The number of fused-ring (bicyclic) bond motifs is 1. The summed E-state index contributed by atoms with van der Waals surface area (Å²) in [7, 11) is 1.50. The van der Waals surface area contributed by atoms with Crippen LogP contribution in [-0.2, 0) is 19.1 Å². The molecule has 0 radical (unpaired) electrons. The van der Waals surface area contributed by atoms with Crippen molar-refractivity contribution in [2.24, 2.45) is 22.7 Å². The van der Waals surface area contributed by atoms with E-state index in [4.69, 9.17) is 9.47 Å². The summed E-state index contributed by atoms with van der Waals surface area (Å²) in [6.07, 6.45) is 9.94. The average molecular weight is 346 g/mol. The molecule has 25 heavy (non-hydrogen) atoms. The van der Waals surface area contributed by atoms with E-state index in [0.29, 0.717) is 18.4 Å². The number of carbonyl (C=O) groups excluding carboxylic acids is 2. The molecular weight excluding hydrogens is 316 g/mol. The van der Waals surface area contributed by atoms with E-state index in [1.165, 1.54) is 12.7 Å². The van der Waals surface area contributed by atoms with Crippen molar-refractivity contribution in [3.8, 4) is 0 Å². The molecule has 1 aliphatic heterocycles. The lowest BCUT2D eigenvalue weighted by Crippen LogP contribution is -2.52. The quantitative estimate of drug-likeness (QED) is 0.565. The summed E-state index contributed by atoms with van der Waals surface area (Å²) in [5.74, 6) is 0.469. The van der Waals surface area contributed by atoms with Crippen molar-refractivity contribution in [3.05, 3.63) is 23.3 Å². The number of carbonyl (C=O) groups is 2. The third-order valence-electron chi connectivity index (χ3n) is 7.13. The third-order valence-corrected chi connectivity index (χ3v) is 7.13. The molecule has 0 aromatic heterocycles. The smallest absolute Gasteiger partial charge is 0.331 e. The van der Waals surface area contributed by atoms with Gasteiger partial charge in [-0.25, -0.2) is 4.79 Å². The van der Waals surface area contributed by atoms with E-state index in [9.17, 15) is 9.59 Å². The molecule has 0 N–H and O–H groups in total. The minimum Gasteiger partial charge on any atom is -0.469 e. The molecule has 0 saturated heterocycles. The molecule has 4 atom stereocenters. The largest absolute Gasteiger partial charge is 0.469 e. The van der Waals surface area contributed by atoms with E-state index in [2.05, 4.69) is 26.8 Å². The second-order valence-electron chi connectivity index (χ2n) is 8.51. The molecule has 1 fully saturated rings. The number of hydrogen-bond donors (Lipinski definition) is 0. The third kappa shape index (κ3) is 3.04.